The van der Waals surface area contributed by atoms with Gasteiger partial charge in [0.05, 0.1) is 12.7 Å². The molecule has 0 spiro atoms. The van der Waals surface area contributed by atoms with Crippen molar-refractivity contribution in [1.82, 2.24) is 19.9 Å². The number of carbonyl (C=O) groups excluding carboxylic acids is 1. The molecule has 0 unspecified atom stereocenters. The van der Waals surface area contributed by atoms with E-state index in [1.807, 2.05) is 24.3 Å². The van der Waals surface area contributed by atoms with E-state index in [-0.39, 0.29) is 5.91 Å². The van der Waals surface area contributed by atoms with Crippen LogP contribution in [0, 0.1) is 0 Å². The van der Waals surface area contributed by atoms with Crippen LogP contribution in [0.25, 0.3) is 5.82 Å². The van der Waals surface area contributed by atoms with Gasteiger partial charge >= 0.3 is 0 Å². The van der Waals surface area contributed by atoms with Gasteiger partial charge in [-0.2, -0.15) is 0 Å². The first-order valence-electron chi connectivity index (χ1n) is 7.12. The molecule has 0 atom stereocenters. The zero-order chi connectivity index (χ0) is 16.1. The van der Waals surface area contributed by atoms with E-state index < -0.39 is 0 Å². The number of para-hydroxylation sites is 1. The van der Waals surface area contributed by atoms with E-state index in [9.17, 15) is 4.79 Å². The van der Waals surface area contributed by atoms with Gasteiger partial charge in [-0.3, -0.25) is 9.36 Å². The minimum Gasteiger partial charge on any atom is -0.496 e. The van der Waals surface area contributed by atoms with Crippen molar-refractivity contribution in [3.8, 4) is 11.6 Å². The highest BCUT2D eigenvalue weighted by Crippen LogP contribution is 2.16. The lowest BCUT2D eigenvalue weighted by molar-refractivity contribution is 0.0950. The number of rotatable bonds is 5. The Hall–Kier alpha value is -3.15. The fraction of sp³-hybridized carbons (Fsp3) is 0.118. The van der Waals surface area contributed by atoms with Gasteiger partial charge in [-0.25, -0.2) is 9.97 Å². The lowest BCUT2D eigenvalue weighted by atomic mass is 10.2. The molecular weight excluding hydrogens is 292 g/mol. The van der Waals surface area contributed by atoms with Crippen LogP contribution in [-0.4, -0.2) is 27.6 Å². The molecule has 0 fully saturated rings. The van der Waals surface area contributed by atoms with Crippen LogP contribution in [0.15, 0.2) is 61.3 Å². The number of nitrogens with one attached hydrogen (secondary N) is 1. The second-order valence-corrected chi connectivity index (χ2v) is 4.87. The fourth-order valence-electron chi connectivity index (χ4n) is 2.19. The van der Waals surface area contributed by atoms with Crippen molar-refractivity contribution in [2.24, 2.45) is 0 Å². The van der Waals surface area contributed by atoms with Crippen LogP contribution in [0.1, 0.15) is 15.9 Å². The molecule has 1 aromatic carbocycles. The standard InChI is InChI=1S/C17H16N4O2/c1-23-15-5-3-2-4-13(15)10-20-17(22)14-6-7-16(19-11-14)21-9-8-18-12-21/h2-9,11-12H,10H2,1H3,(H,20,22). The first kappa shape index (κ1) is 14.8. The monoisotopic (exact) mass is 308 g/mol. The summed E-state index contributed by atoms with van der Waals surface area (Å²) in [7, 11) is 1.61. The summed E-state index contributed by atoms with van der Waals surface area (Å²) in [4.78, 5) is 20.4. The Morgan fingerprint density at radius 1 is 1.26 bits per heavy atom. The fourth-order valence-corrected chi connectivity index (χ4v) is 2.19. The summed E-state index contributed by atoms with van der Waals surface area (Å²) in [6.07, 6.45) is 6.68. The van der Waals surface area contributed by atoms with Crippen LogP contribution in [0.2, 0.25) is 0 Å². The quantitative estimate of drug-likeness (QED) is 0.784. The number of ether oxygens (including phenoxy) is 1. The molecule has 23 heavy (non-hydrogen) atoms. The zero-order valence-electron chi connectivity index (χ0n) is 12.6. The molecule has 1 amide bonds. The maximum Gasteiger partial charge on any atom is 0.253 e. The number of aromatic nitrogens is 3. The Bertz CT molecular complexity index is 783. The SMILES string of the molecule is COc1ccccc1CNC(=O)c1ccc(-n2ccnc2)nc1. The third-order valence-corrected chi connectivity index (χ3v) is 3.41. The molecule has 3 rings (SSSR count). The summed E-state index contributed by atoms with van der Waals surface area (Å²) in [5.74, 6) is 1.28. The van der Waals surface area contributed by atoms with Gasteiger partial charge in [-0.05, 0) is 18.2 Å². The van der Waals surface area contributed by atoms with E-state index in [1.165, 1.54) is 0 Å². The Balaban J connectivity index is 1.66. The molecule has 0 radical (unpaired) electrons. The van der Waals surface area contributed by atoms with Gasteiger partial charge in [0.25, 0.3) is 5.91 Å². The Morgan fingerprint density at radius 2 is 2.13 bits per heavy atom. The van der Waals surface area contributed by atoms with Crippen molar-refractivity contribution in [3.63, 3.8) is 0 Å². The van der Waals surface area contributed by atoms with E-state index in [4.69, 9.17) is 4.74 Å². The summed E-state index contributed by atoms with van der Waals surface area (Å²) in [6.45, 7) is 0.395. The molecule has 6 heteroatoms. The van der Waals surface area contributed by atoms with Gasteiger partial charge in [0.15, 0.2) is 0 Å². The van der Waals surface area contributed by atoms with Crippen LogP contribution in [0.4, 0.5) is 0 Å². The molecule has 1 N–H and O–H groups in total. The van der Waals surface area contributed by atoms with Crippen LogP contribution in [0.5, 0.6) is 5.75 Å². The van der Waals surface area contributed by atoms with Crippen molar-refractivity contribution in [3.05, 3.63) is 72.4 Å². The molecule has 0 saturated heterocycles. The predicted octanol–water partition coefficient (Wildman–Crippen LogP) is 2.21. The van der Waals surface area contributed by atoms with E-state index in [1.54, 1.807) is 48.7 Å². The molecule has 116 valence electrons. The van der Waals surface area contributed by atoms with Crippen LogP contribution in [0.3, 0.4) is 0 Å². The summed E-state index contributed by atoms with van der Waals surface area (Å²) >= 11 is 0. The third-order valence-electron chi connectivity index (χ3n) is 3.41. The summed E-state index contributed by atoms with van der Waals surface area (Å²) < 4.78 is 7.04. The van der Waals surface area contributed by atoms with Gasteiger partial charge in [0.1, 0.15) is 17.9 Å². The molecule has 2 aromatic heterocycles. The first-order valence-corrected chi connectivity index (χ1v) is 7.12. The predicted molar refractivity (Wildman–Crippen MR) is 85.5 cm³/mol. The second-order valence-electron chi connectivity index (χ2n) is 4.87. The highest BCUT2D eigenvalue weighted by atomic mass is 16.5. The first-order chi connectivity index (χ1) is 11.3. The summed E-state index contributed by atoms with van der Waals surface area (Å²) in [5, 5.41) is 2.87. The zero-order valence-corrected chi connectivity index (χ0v) is 12.6. The number of hydrogen-bond acceptors (Lipinski definition) is 4. The Kier molecular flexibility index (Phi) is 4.33. The topological polar surface area (TPSA) is 69.0 Å². The number of amides is 1. The Morgan fingerprint density at radius 3 is 2.83 bits per heavy atom. The number of methoxy groups -OCH3 is 1. The van der Waals surface area contributed by atoms with Crippen molar-refractivity contribution in [1.29, 1.82) is 0 Å². The van der Waals surface area contributed by atoms with E-state index >= 15 is 0 Å². The molecule has 6 nitrogen and oxygen atoms in total. The van der Waals surface area contributed by atoms with E-state index in [0.717, 1.165) is 11.3 Å². The molecule has 0 aliphatic heterocycles. The van der Waals surface area contributed by atoms with Gasteiger partial charge in [0.2, 0.25) is 0 Å². The van der Waals surface area contributed by atoms with E-state index in [0.29, 0.717) is 17.9 Å². The number of carbonyl (C=O) groups is 1. The lowest BCUT2D eigenvalue weighted by Crippen LogP contribution is -2.23. The van der Waals surface area contributed by atoms with Gasteiger partial charge < -0.3 is 10.1 Å². The molecule has 0 aliphatic rings. The van der Waals surface area contributed by atoms with Gasteiger partial charge in [-0.15, -0.1) is 0 Å². The summed E-state index contributed by atoms with van der Waals surface area (Å²) in [6, 6.07) is 11.1. The number of pyridine rings is 1. The van der Waals surface area contributed by atoms with Crippen molar-refractivity contribution >= 4 is 5.91 Å². The Labute approximate surface area is 133 Å². The number of hydrogen-bond donors (Lipinski definition) is 1. The number of nitrogens with zero attached hydrogens (tertiary/aromatic N) is 3. The minimum atomic E-state index is -0.180. The smallest absolute Gasteiger partial charge is 0.253 e. The molecular formula is C17H16N4O2. The van der Waals surface area contributed by atoms with Crippen LogP contribution >= 0.6 is 0 Å². The van der Waals surface area contributed by atoms with E-state index in [2.05, 4.69) is 15.3 Å². The van der Waals surface area contributed by atoms with Crippen LogP contribution < -0.4 is 10.1 Å². The number of benzene rings is 1. The number of imidazole rings is 1. The third kappa shape index (κ3) is 3.37. The summed E-state index contributed by atoms with van der Waals surface area (Å²) in [5.41, 5.74) is 1.43. The van der Waals surface area contributed by atoms with Crippen molar-refractivity contribution in [2.75, 3.05) is 7.11 Å². The highest BCUT2D eigenvalue weighted by molar-refractivity contribution is 5.93. The minimum absolute atomic E-state index is 0.180. The lowest BCUT2D eigenvalue weighted by Gasteiger charge is -2.09. The van der Waals surface area contributed by atoms with Crippen molar-refractivity contribution < 1.29 is 9.53 Å². The van der Waals surface area contributed by atoms with Crippen LogP contribution in [-0.2, 0) is 6.54 Å². The highest BCUT2D eigenvalue weighted by Gasteiger charge is 2.08. The molecule has 0 aliphatic carbocycles. The molecule has 3 aromatic rings. The average molecular weight is 308 g/mol. The van der Waals surface area contributed by atoms with Gasteiger partial charge in [0, 0.05) is 30.7 Å². The molecule has 2 heterocycles. The molecule has 0 bridgehead atoms. The maximum atomic E-state index is 12.2. The second kappa shape index (κ2) is 6.74. The maximum absolute atomic E-state index is 12.2. The van der Waals surface area contributed by atoms with Crippen molar-refractivity contribution in [2.45, 2.75) is 6.54 Å². The van der Waals surface area contributed by atoms with Gasteiger partial charge in [-0.1, -0.05) is 18.2 Å². The normalized spacial score (nSPS) is 10.3. The largest absolute Gasteiger partial charge is 0.496 e. The molecule has 0 saturated carbocycles. The average Bonchev–Trinajstić information content (AvgIpc) is 3.14.